The molecule has 2 saturated heterocycles. The highest BCUT2D eigenvalue weighted by atomic mass is 16.5. The van der Waals surface area contributed by atoms with Gasteiger partial charge in [-0.25, -0.2) is 4.79 Å². The molecule has 1 saturated carbocycles. The Morgan fingerprint density at radius 3 is 2.90 bits per heavy atom. The maximum absolute atomic E-state index is 12.2. The van der Waals surface area contributed by atoms with E-state index in [2.05, 4.69) is 10.2 Å². The van der Waals surface area contributed by atoms with Gasteiger partial charge in [0, 0.05) is 39.0 Å². The Hall–Kier alpha value is -1.63. The monoisotopic (exact) mass is 292 g/mol. The first-order valence-corrected chi connectivity index (χ1v) is 7.48. The Morgan fingerprint density at radius 2 is 2.19 bits per heavy atom. The summed E-state index contributed by atoms with van der Waals surface area (Å²) in [7, 11) is 3.55. The van der Waals surface area contributed by atoms with Gasteiger partial charge in [-0.3, -0.25) is 0 Å². The number of nitrogens with zero attached hydrogens (tertiary/aromatic N) is 4. The largest absolute Gasteiger partial charge is 0.424 e. The molecule has 3 fully saturated rings. The average molecular weight is 292 g/mol. The quantitative estimate of drug-likeness (QED) is 0.807. The van der Waals surface area contributed by atoms with E-state index in [1.807, 2.05) is 4.90 Å². The topological polar surface area (TPSA) is 71.7 Å². The molecule has 0 bridgehead atoms. The lowest BCUT2D eigenvalue weighted by Crippen LogP contribution is -2.41. The summed E-state index contributed by atoms with van der Waals surface area (Å²) in [5.41, 5.74) is -0.314. The summed E-state index contributed by atoms with van der Waals surface area (Å²) in [4.78, 5) is 15.7. The van der Waals surface area contributed by atoms with E-state index in [1.54, 1.807) is 19.0 Å². The SMILES string of the molecule is CN(C)C(=O)N1C[C@H]2COC[C@@]2(c2nnc(C3CC3)o2)C1. The highest BCUT2D eigenvalue weighted by Gasteiger charge is 2.56. The first-order chi connectivity index (χ1) is 10.1. The van der Waals surface area contributed by atoms with Crippen LogP contribution in [0, 0.1) is 5.92 Å². The van der Waals surface area contributed by atoms with Gasteiger partial charge < -0.3 is 19.0 Å². The van der Waals surface area contributed by atoms with Crippen molar-refractivity contribution in [2.24, 2.45) is 5.92 Å². The predicted octanol–water partition coefficient (Wildman–Crippen LogP) is 0.828. The molecule has 0 N–H and O–H groups in total. The predicted molar refractivity (Wildman–Crippen MR) is 72.9 cm³/mol. The number of likely N-dealkylation sites (tertiary alicyclic amines) is 1. The molecule has 4 rings (SSSR count). The fraction of sp³-hybridized carbons (Fsp3) is 0.786. The minimum Gasteiger partial charge on any atom is -0.424 e. The van der Waals surface area contributed by atoms with Crippen LogP contribution in [0.4, 0.5) is 4.79 Å². The molecular formula is C14H20N4O3. The van der Waals surface area contributed by atoms with E-state index in [1.165, 1.54) is 0 Å². The van der Waals surface area contributed by atoms with Gasteiger partial charge in [-0.2, -0.15) is 0 Å². The van der Waals surface area contributed by atoms with Crippen LogP contribution in [0.25, 0.3) is 0 Å². The number of carbonyl (C=O) groups is 1. The van der Waals surface area contributed by atoms with Gasteiger partial charge in [-0.1, -0.05) is 0 Å². The van der Waals surface area contributed by atoms with Crippen LogP contribution in [0.3, 0.4) is 0 Å². The Labute approximate surface area is 123 Å². The molecule has 0 spiro atoms. The van der Waals surface area contributed by atoms with Crippen LogP contribution < -0.4 is 0 Å². The summed E-state index contributed by atoms with van der Waals surface area (Å²) < 4.78 is 11.6. The Bertz CT molecular complexity index is 568. The summed E-state index contributed by atoms with van der Waals surface area (Å²) in [6, 6.07) is 0.0331. The smallest absolute Gasteiger partial charge is 0.319 e. The van der Waals surface area contributed by atoms with E-state index in [9.17, 15) is 4.79 Å². The summed E-state index contributed by atoms with van der Waals surface area (Å²) in [6.07, 6.45) is 2.28. The summed E-state index contributed by atoms with van der Waals surface area (Å²) in [5.74, 6) is 2.10. The van der Waals surface area contributed by atoms with Crippen LogP contribution in [0.5, 0.6) is 0 Å². The van der Waals surface area contributed by atoms with Crippen LogP contribution in [0.2, 0.25) is 0 Å². The molecule has 0 radical (unpaired) electrons. The normalized spacial score (nSPS) is 31.5. The van der Waals surface area contributed by atoms with Crippen molar-refractivity contribution in [3.8, 4) is 0 Å². The molecule has 1 aromatic heterocycles. The number of hydrogen-bond donors (Lipinski definition) is 0. The van der Waals surface area contributed by atoms with Crippen molar-refractivity contribution >= 4 is 6.03 Å². The minimum atomic E-state index is -0.314. The Balaban J connectivity index is 1.62. The molecular weight excluding hydrogens is 272 g/mol. The van der Waals surface area contributed by atoms with Crippen molar-refractivity contribution in [2.75, 3.05) is 40.4 Å². The standard InChI is InChI=1S/C14H20N4O3/c1-17(2)13(19)18-5-10-6-20-8-14(10,7-18)12-16-15-11(21-12)9-3-4-9/h9-10H,3-8H2,1-2H3/t10-,14-/m0/s1. The zero-order valence-electron chi connectivity index (χ0n) is 12.4. The maximum atomic E-state index is 12.2. The van der Waals surface area contributed by atoms with E-state index in [0.717, 1.165) is 18.7 Å². The number of rotatable bonds is 2. The lowest BCUT2D eigenvalue weighted by Gasteiger charge is -2.24. The first kappa shape index (κ1) is 13.1. The molecule has 114 valence electrons. The molecule has 21 heavy (non-hydrogen) atoms. The zero-order valence-corrected chi connectivity index (χ0v) is 12.4. The van der Waals surface area contributed by atoms with Crippen molar-refractivity contribution < 1.29 is 13.9 Å². The fourth-order valence-corrected chi connectivity index (χ4v) is 3.40. The molecule has 7 heteroatoms. The minimum absolute atomic E-state index is 0.0331. The fourth-order valence-electron chi connectivity index (χ4n) is 3.40. The van der Waals surface area contributed by atoms with Crippen molar-refractivity contribution in [2.45, 2.75) is 24.2 Å². The van der Waals surface area contributed by atoms with E-state index in [0.29, 0.717) is 38.1 Å². The third kappa shape index (κ3) is 1.94. The molecule has 0 unspecified atom stereocenters. The third-order valence-electron chi connectivity index (χ3n) is 4.82. The second-order valence-electron chi connectivity index (χ2n) is 6.65. The highest BCUT2D eigenvalue weighted by molar-refractivity contribution is 5.74. The number of ether oxygens (including phenoxy) is 1. The molecule has 3 aliphatic rings. The number of hydrogen-bond acceptors (Lipinski definition) is 5. The van der Waals surface area contributed by atoms with Crippen LogP contribution in [-0.4, -0.2) is 66.4 Å². The number of urea groups is 1. The maximum Gasteiger partial charge on any atom is 0.319 e. The van der Waals surface area contributed by atoms with Crippen molar-refractivity contribution in [3.63, 3.8) is 0 Å². The summed E-state index contributed by atoms with van der Waals surface area (Å²) in [6.45, 7) is 2.50. The van der Waals surface area contributed by atoms with E-state index >= 15 is 0 Å². The molecule has 2 amide bonds. The zero-order chi connectivity index (χ0) is 14.6. The molecule has 2 aliphatic heterocycles. The lowest BCUT2D eigenvalue weighted by molar-refractivity contribution is 0.135. The molecule has 0 aromatic carbocycles. The number of aromatic nitrogens is 2. The first-order valence-electron chi connectivity index (χ1n) is 7.48. The molecule has 3 heterocycles. The van der Waals surface area contributed by atoms with Crippen LogP contribution in [0.1, 0.15) is 30.5 Å². The number of amides is 2. The van der Waals surface area contributed by atoms with E-state index < -0.39 is 0 Å². The van der Waals surface area contributed by atoms with Crippen LogP contribution in [-0.2, 0) is 10.2 Å². The van der Waals surface area contributed by atoms with Gasteiger partial charge >= 0.3 is 6.03 Å². The molecule has 1 aliphatic carbocycles. The van der Waals surface area contributed by atoms with Crippen molar-refractivity contribution in [1.82, 2.24) is 20.0 Å². The molecule has 2 atom stereocenters. The van der Waals surface area contributed by atoms with E-state index in [-0.39, 0.29) is 17.4 Å². The van der Waals surface area contributed by atoms with Gasteiger partial charge in [-0.15, -0.1) is 10.2 Å². The van der Waals surface area contributed by atoms with E-state index in [4.69, 9.17) is 9.15 Å². The number of carbonyl (C=O) groups excluding carboxylic acids is 1. The van der Waals surface area contributed by atoms with Gasteiger partial charge in [0.25, 0.3) is 0 Å². The highest BCUT2D eigenvalue weighted by Crippen LogP contribution is 2.45. The Morgan fingerprint density at radius 1 is 1.38 bits per heavy atom. The second-order valence-corrected chi connectivity index (χ2v) is 6.65. The van der Waals surface area contributed by atoms with Gasteiger partial charge in [0.15, 0.2) is 0 Å². The second kappa shape index (κ2) is 4.43. The van der Waals surface area contributed by atoms with Crippen LogP contribution >= 0.6 is 0 Å². The summed E-state index contributed by atoms with van der Waals surface area (Å²) >= 11 is 0. The lowest BCUT2D eigenvalue weighted by atomic mass is 9.81. The third-order valence-corrected chi connectivity index (χ3v) is 4.82. The summed E-state index contributed by atoms with van der Waals surface area (Å²) in [5, 5.41) is 8.48. The van der Waals surface area contributed by atoms with Crippen molar-refractivity contribution in [1.29, 1.82) is 0 Å². The van der Waals surface area contributed by atoms with Gasteiger partial charge in [-0.05, 0) is 12.8 Å². The molecule has 1 aromatic rings. The van der Waals surface area contributed by atoms with Gasteiger partial charge in [0.1, 0.15) is 0 Å². The number of fused-ring (bicyclic) bond motifs is 1. The van der Waals surface area contributed by atoms with Crippen molar-refractivity contribution in [3.05, 3.63) is 11.8 Å². The van der Waals surface area contributed by atoms with Gasteiger partial charge in [0.05, 0.1) is 18.6 Å². The average Bonchev–Trinajstić information content (AvgIpc) is 2.90. The van der Waals surface area contributed by atoms with Gasteiger partial charge in [0.2, 0.25) is 11.8 Å². The van der Waals surface area contributed by atoms with Crippen LogP contribution in [0.15, 0.2) is 4.42 Å². The Kier molecular flexibility index (Phi) is 2.76. The molecule has 7 nitrogen and oxygen atoms in total.